The fourth-order valence-electron chi connectivity index (χ4n) is 1.84. The Morgan fingerprint density at radius 2 is 2.05 bits per heavy atom. The van der Waals surface area contributed by atoms with Crippen molar-refractivity contribution < 1.29 is 13.6 Å². The number of hydrogen-bond acceptors (Lipinski definition) is 3. The molecule has 7 heteroatoms. The van der Waals surface area contributed by atoms with E-state index in [9.17, 15) is 13.6 Å². The lowest BCUT2D eigenvalue weighted by Crippen LogP contribution is -2.24. The monoisotopic (exact) mass is 308 g/mol. The third-order valence-electron chi connectivity index (χ3n) is 2.78. The summed E-state index contributed by atoms with van der Waals surface area (Å²) in [5.41, 5.74) is 0.644. The summed E-state index contributed by atoms with van der Waals surface area (Å²) in [6.45, 7) is 1.56. The highest BCUT2D eigenvalue weighted by Gasteiger charge is 2.22. The molecule has 0 bridgehead atoms. The highest BCUT2D eigenvalue weighted by molar-refractivity contribution is 7.99. The van der Waals surface area contributed by atoms with Gasteiger partial charge in [-0.3, -0.25) is 4.79 Å². The van der Waals surface area contributed by atoms with Gasteiger partial charge < -0.3 is 10.6 Å². The molecule has 106 valence electrons. The van der Waals surface area contributed by atoms with Crippen LogP contribution < -0.4 is 10.6 Å². The Bertz CT molecular complexity index is 411. The van der Waals surface area contributed by atoms with Gasteiger partial charge in [0, 0.05) is 17.1 Å². The van der Waals surface area contributed by atoms with Crippen LogP contribution in [0.3, 0.4) is 0 Å². The average Bonchev–Trinajstić information content (AvgIpc) is 2.84. The van der Waals surface area contributed by atoms with Crippen LogP contribution in [-0.2, 0) is 4.79 Å². The van der Waals surface area contributed by atoms with Gasteiger partial charge in [0.15, 0.2) is 0 Å². The quantitative estimate of drug-likeness (QED) is 0.840. The third-order valence-corrected chi connectivity index (χ3v) is 3.50. The van der Waals surface area contributed by atoms with E-state index < -0.39 is 5.76 Å². The molecule has 1 aliphatic rings. The topological polar surface area (TPSA) is 41.1 Å². The number of hydrogen-bond donors (Lipinski definition) is 2. The van der Waals surface area contributed by atoms with Gasteiger partial charge in [-0.25, -0.2) is 0 Å². The van der Waals surface area contributed by atoms with Crippen LogP contribution in [0, 0.1) is 5.92 Å². The van der Waals surface area contributed by atoms with Crippen molar-refractivity contribution in [2.24, 2.45) is 5.92 Å². The Kier molecular flexibility index (Phi) is 6.54. The van der Waals surface area contributed by atoms with Crippen molar-refractivity contribution in [1.82, 2.24) is 5.32 Å². The first-order chi connectivity index (χ1) is 8.65. The number of benzene rings is 1. The Morgan fingerprint density at radius 1 is 1.37 bits per heavy atom. The minimum Gasteiger partial charge on any atom is -0.326 e. The van der Waals surface area contributed by atoms with Gasteiger partial charge in [-0.15, -0.1) is 12.4 Å². The first kappa shape index (κ1) is 16.2. The predicted molar refractivity (Wildman–Crippen MR) is 75.2 cm³/mol. The van der Waals surface area contributed by atoms with E-state index in [4.69, 9.17) is 0 Å². The fourth-order valence-corrected chi connectivity index (χ4v) is 2.34. The highest BCUT2D eigenvalue weighted by atomic mass is 35.5. The predicted octanol–water partition coefficient (Wildman–Crippen LogP) is 2.97. The summed E-state index contributed by atoms with van der Waals surface area (Å²) in [4.78, 5) is 12.3. The molecule has 0 aromatic heterocycles. The number of alkyl halides is 2. The lowest BCUT2D eigenvalue weighted by molar-refractivity contribution is -0.119. The number of nitrogens with one attached hydrogen (secondary N) is 2. The molecule has 2 rings (SSSR count). The van der Waals surface area contributed by atoms with Gasteiger partial charge in [0.25, 0.3) is 5.76 Å². The normalized spacial score (nSPS) is 18.2. The molecular formula is C12H15ClF2N2OS. The second-order valence-corrected chi connectivity index (χ2v) is 5.15. The zero-order chi connectivity index (χ0) is 13.0. The molecule has 1 fully saturated rings. The first-order valence-corrected chi connectivity index (χ1v) is 6.59. The second-order valence-electron chi connectivity index (χ2n) is 4.08. The minimum absolute atomic E-state index is 0. The van der Waals surface area contributed by atoms with Crippen LogP contribution in [0.2, 0.25) is 0 Å². The number of halogens is 3. The molecule has 1 aliphatic heterocycles. The molecule has 1 amide bonds. The summed E-state index contributed by atoms with van der Waals surface area (Å²) in [6.07, 6.45) is 0.838. The maximum Gasteiger partial charge on any atom is 0.288 e. The second kappa shape index (κ2) is 7.67. The summed E-state index contributed by atoms with van der Waals surface area (Å²) in [5.74, 6) is -2.44. The summed E-state index contributed by atoms with van der Waals surface area (Å²) in [6, 6.07) is 6.45. The van der Waals surface area contributed by atoms with Crippen LogP contribution in [0.1, 0.15) is 6.42 Å². The Balaban J connectivity index is 0.00000180. The highest BCUT2D eigenvalue weighted by Crippen LogP contribution is 2.26. The van der Waals surface area contributed by atoms with Gasteiger partial charge in [0.1, 0.15) is 0 Å². The van der Waals surface area contributed by atoms with Crippen LogP contribution in [0.4, 0.5) is 14.5 Å². The van der Waals surface area contributed by atoms with Crippen molar-refractivity contribution >= 4 is 35.8 Å². The van der Waals surface area contributed by atoms with E-state index in [1.54, 1.807) is 24.3 Å². The molecule has 19 heavy (non-hydrogen) atoms. The summed E-state index contributed by atoms with van der Waals surface area (Å²) >= 11 is 0.495. The Labute approximate surface area is 120 Å². The summed E-state index contributed by atoms with van der Waals surface area (Å²) in [7, 11) is 0. The molecule has 1 unspecified atom stereocenters. The van der Waals surface area contributed by atoms with E-state index in [0.29, 0.717) is 28.9 Å². The third kappa shape index (κ3) is 4.97. The van der Waals surface area contributed by atoms with Crippen molar-refractivity contribution in [3.05, 3.63) is 24.3 Å². The molecule has 1 saturated heterocycles. The molecule has 1 aromatic carbocycles. The van der Waals surface area contributed by atoms with Gasteiger partial charge in [-0.2, -0.15) is 8.78 Å². The molecule has 0 saturated carbocycles. The number of anilines is 1. The largest absolute Gasteiger partial charge is 0.326 e. The molecule has 3 nitrogen and oxygen atoms in total. The zero-order valence-corrected chi connectivity index (χ0v) is 11.7. The lowest BCUT2D eigenvalue weighted by atomic mass is 10.1. The van der Waals surface area contributed by atoms with Gasteiger partial charge >= 0.3 is 0 Å². The first-order valence-electron chi connectivity index (χ1n) is 5.71. The molecule has 0 spiro atoms. The van der Waals surface area contributed by atoms with Crippen LogP contribution in [0.5, 0.6) is 0 Å². The van der Waals surface area contributed by atoms with Crippen LogP contribution in [-0.4, -0.2) is 24.8 Å². The van der Waals surface area contributed by atoms with E-state index in [2.05, 4.69) is 10.6 Å². The maximum atomic E-state index is 12.1. The van der Waals surface area contributed by atoms with Crippen molar-refractivity contribution in [2.45, 2.75) is 17.1 Å². The van der Waals surface area contributed by atoms with Crippen LogP contribution in [0.15, 0.2) is 29.2 Å². The summed E-state index contributed by atoms with van der Waals surface area (Å²) in [5, 5.41) is 5.91. The van der Waals surface area contributed by atoms with E-state index >= 15 is 0 Å². The number of rotatable bonds is 4. The maximum absolute atomic E-state index is 12.1. The number of amides is 1. The zero-order valence-electron chi connectivity index (χ0n) is 10.1. The number of carbonyl (C=O) groups is 1. The molecule has 2 N–H and O–H groups in total. The summed E-state index contributed by atoms with van der Waals surface area (Å²) < 4.78 is 24.2. The standard InChI is InChI=1S/C12H14F2N2OS.ClH/c13-12(14)18-10-3-1-9(2-4-10)16-11(17)8-5-6-15-7-8;/h1-4,8,12,15H,5-7H2,(H,16,17);1H. The number of carbonyl (C=O) groups excluding carboxylic acids is 1. The van der Waals surface area contributed by atoms with Gasteiger partial charge in [-0.05, 0) is 37.2 Å². The molecule has 1 atom stereocenters. The van der Waals surface area contributed by atoms with Crippen molar-refractivity contribution in [3.63, 3.8) is 0 Å². The molecular weight excluding hydrogens is 294 g/mol. The van der Waals surface area contributed by atoms with E-state index in [0.717, 1.165) is 13.0 Å². The van der Waals surface area contributed by atoms with Gasteiger partial charge in [-0.1, -0.05) is 11.8 Å². The van der Waals surface area contributed by atoms with E-state index in [1.165, 1.54) is 0 Å². The van der Waals surface area contributed by atoms with Crippen LogP contribution >= 0.6 is 24.2 Å². The molecule has 0 radical (unpaired) electrons. The van der Waals surface area contributed by atoms with Gasteiger partial charge in [0.2, 0.25) is 5.91 Å². The molecule has 1 heterocycles. The molecule has 0 aliphatic carbocycles. The SMILES string of the molecule is Cl.O=C(Nc1ccc(SC(F)F)cc1)C1CCNC1. The Hall–Kier alpha value is -0.850. The van der Waals surface area contributed by atoms with E-state index in [-0.39, 0.29) is 24.2 Å². The van der Waals surface area contributed by atoms with E-state index in [1.807, 2.05) is 0 Å². The molecule has 1 aromatic rings. The Morgan fingerprint density at radius 3 is 2.58 bits per heavy atom. The number of thioether (sulfide) groups is 1. The van der Waals surface area contributed by atoms with Crippen molar-refractivity contribution in [3.8, 4) is 0 Å². The van der Waals surface area contributed by atoms with Crippen LogP contribution in [0.25, 0.3) is 0 Å². The average molecular weight is 309 g/mol. The van der Waals surface area contributed by atoms with Crippen molar-refractivity contribution in [2.75, 3.05) is 18.4 Å². The fraction of sp³-hybridized carbons (Fsp3) is 0.417. The lowest BCUT2D eigenvalue weighted by Gasteiger charge is -2.10. The van der Waals surface area contributed by atoms with Gasteiger partial charge in [0.05, 0.1) is 5.92 Å². The van der Waals surface area contributed by atoms with Crippen molar-refractivity contribution in [1.29, 1.82) is 0 Å². The smallest absolute Gasteiger partial charge is 0.288 e. The minimum atomic E-state index is -2.42.